The van der Waals surface area contributed by atoms with Gasteiger partial charge in [0.2, 0.25) is 0 Å². The van der Waals surface area contributed by atoms with Gasteiger partial charge in [-0.3, -0.25) is 0 Å². The van der Waals surface area contributed by atoms with E-state index in [1.165, 1.54) is 6.07 Å². The minimum atomic E-state index is -0.257. The summed E-state index contributed by atoms with van der Waals surface area (Å²) in [5, 5.41) is 3.08. The number of anilines is 2. The Labute approximate surface area is 114 Å². The van der Waals surface area contributed by atoms with E-state index in [2.05, 4.69) is 20.7 Å². The van der Waals surface area contributed by atoms with Crippen LogP contribution in [0.5, 0.6) is 0 Å². The SMILES string of the molecule is NNc1cn2ccnc2c(NCc2ccccc2F)n1. The van der Waals surface area contributed by atoms with Crippen molar-refractivity contribution in [2.24, 2.45) is 5.84 Å². The van der Waals surface area contributed by atoms with Crippen molar-refractivity contribution in [3.05, 3.63) is 54.2 Å². The molecule has 2 heterocycles. The van der Waals surface area contributed by atoms with E-state index in [-0.39, 0.29) is 5.82 Å². The van der Waals surface area contributed by atoms with Gasteiger partial charge >= 0.3 is 0 Å². The van der Waals surface area contributed by atoms with Crippen molar-refractivity contribution < 1.29 is 4.39 Å². The van der Waals surface area contributed by atoms with Crippen molar-refractivity contribution in [1.82, 2.24) is 14.4 Å². The molecule has 0 atom stereocenters. The number of nitrogens with zero attached hydrogens (tertiary/aromatic N) is 3. The van der Waals surface area contributed by atoms with Crippen molar-refractivity contribution in [3.8, 4) is 0 Å². The number of imidazole rings is 1. The van der Waals surface area contributed by atoms with Gasteiger partial charge in [-0.2, -0.15) is 0 Å². The van der Waals surface area contributed by atoms with Crippen LogP contribution in [0.1, 0.15) is 5.56 Å². The summed E-state index contributed by atoms with van der Waals surface area (Å²) >= 11 is 0. The molecule has 0 aliphatic rings. The highest BCUT2D eigenvalue weighted by Crippen LogP contribution is 2.17. The maximum Gasteiger partial charge on any atom is 0.180 e. The number of nitrogen functional groups attached to an aromatic ring is 1. The molecule has 0 aliphatic carbocycles. The molecule has 0 amide bonds. The van der Waals surface area contributed by atoms with E-state index in [9.17, 15) is 4.39 Å². The molecule has 4 N–H and O–H groups in total. The summed E-state index contributed by atoms with van der Waals surface area (Å²) < 4.78 is 15.4. The molecule has 20 heavy (non-hydrogen) atoms. The molecule has 3 aromatic rings. The van der Waals surface area contributed by atoms with E-state index in [1.807, 2.05) is 0 Å². The highest BCUT2D eigenvalue weighted by Gasteiger charge is 2.08. The summed E-state index contributed by atoms with van der Waals surface area (Å²) in [4.78, 5) is 8.49. The second-order valence-electron chi connectivity index (χ2n) is 4.22. The summed E-state index contributed by atoms with van der Waals surface area (Å²) in [6.07, 6.45) is 5.16. The van der Waals surface area contributed by atoms with Crippen molar-refractivity contribution in [2.45, 2.75) is 6.54 Å². The smallest absolute Gasteiger partial charge is 0.180 e. The average molecular weight is 272 g/mol. The number of rotatable bonds is 4. The molecule has 1 aromatic carbocycles. The summed E-state index contributed by atoms with van der Waals surface area (Å²) in [6, 6.07) is 6.59. The Morgan fingerprint density at radius 1 is 1.30 bits per heavy atom. The second kappa shape index (κ2) is 5.14. The summed E-state index contributed by atoms with van der Waals surface area (Å²) in [5.74, 6) is 6.15. The fraction of sp³-hybridized carbons (Fsp3) is 0.0769. The Morgan fingerprint density at radius 3 is 2.95 bits per heavy atom. The van der Waals surface area contributed by atoms with Crippen LogP contribution in [0, 0.1) is 5.82 Å². The van der Waals surface area contributed by atoms with Gasteiger partial charge in [0, 0.05) is 24.5 Å². The van der Waals surface area contributed by atoms with E-state index in [1.54, 1.807) is 41.2 Å². The van der Waals surface area contributed by atoms with Crippen molar-refractivity contribution >= 4 is 17.3 Å². The molecule has 0 bridgehead atoms. The predicted molar refractivity (Wildman–Crippen MR) is 74.5 cm³/mol. The van der Waals surface area contributed by atoms with E-state index in [0.29, 0.717) is 29.4 Å². The van der Waals surface area contributed by atoms with Gasteiger partial charge in [0.1, 0.15) is 5.82 Å². The second-order valence-corrected chi connectivity index (χ2v) is 4.22. The number of hydrazine groups is 1. The highest BCUT2D eigenvalue weighted by atomic mass is 19.1. The number of benzene rings is 1. The Morgan fingerprint density at radius 2 is 2.15 bits per heavy atom. The lowest BCUT2D eigenvalue weighted by atomic mass is 10.2. The largest absolute Gasteiger partial charge is 0.363 e. The number of hydrogen-bond acceptors (Lipinski definition) is 5. The molecule has 0 saturated heterocycles. The zero-order valence-corrected chi connectivity index (χ0v) is 10.5. The first-order valence-corrected chi connectivity index (χ1v) is 6.05. The Hall–Kier alpha value is -2.67. The third-order valence-electron chi connectivity index (χ3n) is 2.93. The molecule has 0 radical (unpaired) electrons. The molecule has 0 aliphatic heterocycles. The van der Waals surface area contributed by atoms with Gasteiger partial charge in [-0.05, 0) is 6.07 Å². The first kappa shape index (κ1) is 12.4. The summed E-state index contributed by atoms with van der Waals surface area (Å²) in [6.45, 7) is 0.316. The van der Waals surface area contributed by atoms with Crippen LogP contribution in [0.25, 0.3) is 5.65 Å². The summed E-state index contributed by atoms with van der Waals surface area (Å²) in [5.41, 5.74) is 3.70. The van der Waals surface area contributed by atoms with E-state index >= 15 is 0 Å². The van der Waals surface area contributed by atoms with E-state index < -0.39 is 0 Å². The van der Waals surface area contributed by atoms with Crippen LogP contribution in [0.4, 0.5) is 16.0 Å². The lowest BCUT2D eigenvalue weighted by Crippen LogP contribution is -2.12. The molecule has 7 heteroatoms. The molecular formula is C13H13FN6. The fourth-order valence-electron chi connectivity index (χ4n) is 1.94. The van der Waals surface area contributed by atoms with Gasteiger partial charge in [-0.1, -0.05) is 18.2 Å². The molecule has 0 unspecified atom stereocenters. The first-order chi connectivity index (χ1) is 9.78. The lowest BCUT2D eigenvalue weighted by Gasteiger charge is -2.09. The number of aromatic nitrogens is 3. The number of fused-ring (bicyclic) bond motifs is 1. The normalized spacial score (nSPS) is 10.7. The number of halogens is 1. The molecule has 2 aromatic heterocycles. The van der Waals surface area contributed by atoms with Crippen molar-refractivity contribution in [1.29, 1.82) is 0 Å². The zero-order chi connectivity index (χ0) is 13.9. The van der Waals surface area contributed by atoms with Gasteiger partial charge in [0.05, 0.1) is 6.20 Å². The van der Waals surface area contributed by atoms with Crippen molar-refractivity contribution in [2.75, 3.05) is 10.7 Å². The molecule has 3 rings (SSSR count). The van der Waals surface area contributed by atoms with Gasteiger partial charge in [-0.15, -0.1) is 0 Å². The minimum Gasteiger partial charge on any atom is -0.363 e. The molecule has 6 nitrogen and oxygen atoms in total. The molecule has 102 valence electrons. The number of nitrogens with two attached hydrogens (primary N) is 1. The maximum atomic E-state index is 13.6. The standard InChI is InChI=1S/C13H13FN6/c14-10-4-2-1-3-9(10)7-17-12-13-16-5-6-20(13)8-11(18-12)19-15/h1-6,8,19H,7,15H2,(H,17,18). The number of nitrogens with one attached hydrogen (secondary N) is 2. The van der Waals surface area contributed by atoms with Crippen LogP contribution in [0.3, 0.4) is 0 Å². The average Bonchev–Trinajstić information content (AvgIpc) is 2.94. The van der Waals surface area contributed by atoms with Crippen LogP contribution in [0.15, 0.2) is 42.9 Å². The van der Waals surface area contributed by atoms with Gasteiger partial charge in [0.15, 0.2) is 17.3 Å². The monoisotopic (exact) mass is 272 g/mol. The Balaban J connectivity index is 1.90. The molecule has 0 saturated carbocycles. The zero-order valence-electron chi connectivity index (χ0n) is 10.5. The van der Waals surface area contributed by atoms with Gasteiger partial charge in [-0.25, -0.2) is 20.2 Å². The Kier molecular flexibility index (Phi) is 3.18. The maximum absolute atomic E-state index is 13.6. The Bertz CT molecular complexity index is 739. The van der Waals surface area contributed by atoms with Gasteiger partial charge < -0.3 is 15.1 Å². The predicted octanol–water partition coefficient (Wildman–Crippen LogP) is 1.77. The highest BCUT2D eigenvalue weighted by molar-refractivity contribution is 5.65. The topological polar surface area (TPSA) is 80.3 Å². The molecule has 0 spiro atoms. The third kappa shape index (κ3) is 2.26. The van der Waals surface area contributed by atoms with Gasteiger partial charge in [0.25, 0.3) is 0 Å². The summed E-state index contributed by atoms with van der Waals surface area (Å²) in [7, 11) is 0. The van der Waals surface area contributed by atoms with E-state index in [0.717, 1.165) is 0 Å². The van der Waals surface area contributed by atoms with Crippen LogP contribution < -0.4 is 16.6 Å². The lowest BCUT2D eigenvalue weighted by molar-refractivity contribution is 0.613. The van der Waals surface area contributed by atoms with Crippen LogP contribution in [-0.4, -0.2) is 14.4 Å². The van der Waals surface area contributed by atoms with Crippen LogP contribution in [-0.2, 0) is 6.54 Å². The fourth-order valence-corrected chi connectivity index (χ4v) is 1.94. The minimum absolute atomic E-state index is 0.257. The van der Waals surface area contributed by atoms with Crippen LogP contribution >= 0.6 is 0 Å². The van der Waals surface area contributed by atoms with Crippen molar-refractivity contribution in [3.63, 3.8) is 0 Å². The van der Waals surface area contributed by atoms with E-state index in [4.69, 9.17) is 5.84 Å². The van der Waals surface area contributed by atoms with Crippen LogP contribution in [0.2, 0.25) is 0 Å². The molecule has 0 fully saturated rings. The molecular weight excluding hydrogens is 259 g/mol. The third-order valence-corrected chi connectivity index (χ3v) is 2.93. The number of hydrogen-bond donors (Lipinski definition) is 3. The first-order valence-electron chi connectivity index (χ1n) is 6.05. The quantitative estimate of drug-likeness (QED) is 0.498.